The Hall–Kier alpha value is -3.13. The lowest BCUT2D eigenvalue weighted by molar-refractivity contribution is -0.137. The smallest absolute Gasteiger partial charge is 0.349 e. The number of piperazine rings is 1. The SMILES string of the molecule is O=C(NC1CC1)c1ccc(/C=C/C(=O)N2CCN(Cc3ccc(C(F)(F)F)cc3)CC2)cc1. The molecule has 33 heavy (non-hydrogen) atoms. The van der Waals surface area contributed by atoms with E-state index in [9.17, 15) is 22.8 Å². The van der Waals surface area contributed by atoms with E-state index in [-0.39, 0.29) is 11.8 Å². The third-order valence-electron chi connectivity index (χ3n) is 5.88. The fourth-order valence-corrected chi connectivity index (χ4v) is 3.70. The fraction of sp³-hybridized carbons (Fsp3) is 0.360. The first-order valence-corrected chi connectivity index (χ1v) is 11.0. The zero-order valence-corrected chi connectivity index (χ0v) is 18.1. The molecule has 0 spiro atoms. The molecular formula is C25H26F3N3O2. The van der Waals surface area contributed by atoms with Gasteiger partial charge in [-0.1, -0.05) is 24.3 Å². The molecule has 174 valence electrons. The summed E-state index contributed by atoms with van der Waals surface area (Å²) in [6.07, 6.45) is 1.02. The van der Waals surface area contributed by atoms with E-state index < -0.39 is 11.7 Å². The minimum atomic E-state index is -4.33. The van der Waals surface area contributed by atoms with E-state index in [4.69, 9.17) is 0 Å². The molecule has 2 aromatic rings. The molecule has 8 heteroatoms. The number of carbonyl (C=O) groups excluding carboxylic acids is 2. The molecule has 0 bridgehead atoms. The lowest BCUT2D eigenvalue weighted by Gasteiger charge is -2.34. The van der Waals surface area contributed by atoms with Crippen molar-refractivity contribution in [1.29, 1.82) is 0 Å². The molecule has 1 saturated carbocycles. The third kappa shape index (κ3) is 6.44. The molecule has 1 aliphatic heterocycles. The van der Waals surface area contributed by atoms with Crippen molar-refractivity contribution in [2.45, 2.75) is 31.6 Å². The molecule has 2 aromatic carbocycles. The predicted octanol–water partition coefficient (Wildman–Crippen LogP) is 3.96. The van der Waals surface area contributed by atoms with Gasteiger partial charge in [-0.3, -0.25) is 14.5 Å². The number of nitrogens with zero attached hydrogens (tertiary/aromatic N) is 2. The quantitative estimate of drug-likeness (QED) is 0.669. The van der Waals surface area contributed by atoms with Crippen molar-refractivity contribution >= 4 is 17.9 Å². The largest absolute Gasteiger partial charge is 0.416 e. The summed E-state index contributed by atoms with van der Waals surface area (Å²) in [5.74, 6) is -0.155. The Labute approximate surface area is 190 Å². The number of amides is 2. The average Bonchev–Trinajstić information content (AvgIpc) is 3.62. The monoisotopic (exact) mass is 457 g/mol. The Kier molecular flexibility index (Phi) is 6.83. The summed E-state index contributed by atoms with van der Waals surface area (Å²) < 4.78 is 38.1. The van der Waals surface area contributed by atoms with Crippen LogP contribution in [0.25, 0.3) is 6.08 Å². The number of halogens is 3. The second-order valence-electron chi connectivity index (χ2n) is 8.50. The number of carbonyl (C=O) groups is 2. The van der Waals surface area contributed by atoms with Gasteiger partial charge in [0.1, 0.15) is 0 Å². The van der Waals surface area contributed by atoms with Crippen LogP contribution < -0.4 is 5.32 Å². The van der Waals surface area contributed by atoms with Crippen LogP contribution in [0.2, 0.25) is 0 Å². The van der Waals surface area contributed by atoms with Crippen LogP contribution in [0.15, 0.2) is 54.6 Å². The van der Waals surface area contributed by atoms with Gasteiger partial charge >= 0.3 is 6.18 Å². The zero-order valence-electron chi connectivity index (χ0n) is 18.1. The van der Waals surface area contributed by atoms with Crippen LogP contribution in [0, 0.1) is 0 Å². The van der Waals surface area contributed by atoms with E-state index >= 15 is 0 Å². The van der Waals surface area contributed by atoms with Crippen molar-refractivity contribution in [2.75, 3.05) is 26.2 Å². The molecule has 2 aliphatic rings. The van der Waals surface area contributed by atoms with Gasteiger partial charge in [0, 0.05) is 50.4 Å². The Morgan fingerprint density at radius 2 is 1.58 bits per heavy atom. The van der Waals surface area contributed by atoms with Gasteiger partial charge in [-0.2, -0.15) is 13.2 Å². The highest BCUT2D eigenvalue weighted by Crippen LogP contribution is 2.29. The number of benzene rings is 2. The van der Waals surface area contributed by atoms with Crippen molar-refractivity contribution in [3.05, 3.63) is 76.9 Å². The molecule has 5 nitrogen and oxygen atoms in total. The van der Waals surface area contributed by atoms with Gasteiger partial charge < -0.3 is 10.2 Å². The van der Waals surface area contributed by atoms with E-state index in [2.05, 4.69) is 10.2 Å². The first-order valence-electron chi connectivity index (χ1n) is 11.0. The van der Waals surface area contributed by atoms with Crippen LogP contribution >= 0.6 is 0 Å². The number of rotatable bonds is 6. The molecule has 0 unspecified atom stereocenters. The van der Waals surface area contributed by atoms with E-state index in [1.807, 2.05) is 12.1 Å². The maximum absolute atomic E-state index is 12.7. The van der Waals surface area contributed by atoms with Crippen molar-refractivity contribution in [1.82, 2.24) is 15.1 Å². The van der Waals surface area contributed by atoms with Gasteiger partial charge in [-0.25, -0.2) is 0 Å². The number of hydrogen-bond acceptors (Lipinski definition) is 3. The zero-order chi connectivity index (χ0) is 23.4. The van der Waals surface area contributed by atoms with Crippen LogP contribution in [0.5, 0.6) is 0 Å². The molecule has 1 saturated heterocycles. The van der Waals surface area contributed by atoms with Crippen molar-refractivity contribution in [3.8, 4) is 0 Å². The summed E-state index contributed by atoms with van der Waals surface area (Å²) in [7, 11) is 0. The number of alkyl halides is 3. The summed E-state index contributed by atoms with van der Waals surface area (Å²) in [6, 6.07) is 12.7. The molecule has 1 N–H and O–H groups in total. The molecule has 1 aliphatic carbocycles. The molecule has 0 atom stereocenters. The number of nitrogens with one attached hydrogen (secondary N) is 1. The lowest BCUT2D eigenvalue weighted by Crippen LogP contribution is -2.47. The van der Waals surface area contributed by atoms with Gasteiger partial charge in [-0.05, 0) is 54.3 Å². The molecule has 0 radical (unpaired) electrons. The first-order chi connectivity index (χ1) is 15.8. The van der Waals surface area contributed by atoms with Crippen LogP contribution in [-0.4, -0.2) is 53.8 Å². The number of hydrogen-bond donors (Lipinski definition) is 1. The van der Waals surface area contributed by atoms with Gasteiger partial charge in [-0.15, -0.1) is 0 Å². The van der Waals surface area contributed by atoms with Crippen LogP contribution in [0.3, 0.4) is 0 Å². The van der Waals surface area contributed by atoms with E-state index in [0.29, 0.717) is 44.3 Å². The molecule has 1 heterocycles. The Bertz CT molecular complexity index is 1000. The second kappa shape index (κ2) is 9.79. The average molecular weight is 457 g/mol. The summed E-state index contributed by atoms with van der Waals surface area (Å²) in [5.41, 5.74) is 1.61. The summed E-state index contributed by atoms with van der Waals surface area (Å²) in [4.78, 5) is 28.4. The maximum atomic E-state index is 12.7. The van der Waals surface area contributed by atoms with Crippen LogP contribution in [-0.2, 0) is 17.5 Å². The van der Waals surface area contributed by atoms with E-state index in [1.165, 1.54) is 18.2 Å². The summed E-state index contributed by atoms with van der Waals surface area (Å²) in [6.45, 7) is 2.99. The summed E-state index contributed by atoms with van der Waals surface area (Å²) in [5, 5.41) is 2.94. The van der Waals surface area contributed by atoms with Gasteiger partial charge in [0.05, 0.1) is 5.56 Å². The standard InChI is InChI=1S/C25H26F3N3O2/c26-25(27,28)21-8-3-19(4-9-21)17-30-13-15-31(16-14-30)23(32)12-5-18-1-6-20(7-2-18)24(33)29-22-10-11-22/h1-9,12,22H,10-11,13-17H2,(H,29,33)/b12-5+. The van der Waals surface area contributed by atoms with Crippen LogP contribution in [0.4, 0.5) is 13.2 Å². The highest BCUT2D eigenvalue weighted by molar-refractivity contribution is 5.95. The van der Waals surface area contributed by atoms with Crippen LogP contribution in [0.1, 0.15) is 39.9 Å². The van der Waals surface area contributed by atoms with E-state index in [1.54, 1.807) is 23.1 Å². The lowest BCUT2D eigenvalue weighted by atomic mass is 10.1. The minimum absolute atomic E-state index is 0.0710. The van der Waals surface area contributed by atoms with Gasteiger partial charge in [0.25, 0.3) is 5.91 Å². The highest BCUT2D eigenvalue weighted by atomic mass is 19.4. The molecule has 2 fully saturated rings. The van der Waals surface area contributed by atoms with Crippen molar-refractivity contribution < 1.29 is 22.8 Å². The first kappa shape index (κ1) is 23.0. The third-order valence-corrected chi connectivity index (χ3v) is 5.88. The second-order valence-corrected chi connectivity index (χ2v) is 8.50. The predicted molar refractivity (Wildman–Crippen MR) is 119 cm³/mol. The molecule has 4 rings (SSSR count). The Balaban J connectivity index is 1.23. The van der Waals surface area contributed by atoms with Gasteiger partial charge in [0.15, 0.2) is 0 Å². The van der Waals surface area contributed by atoms with Crippen molar-refractivity contribution in [3.63, 3.8) is 0 Å². The maximum Gasteiger partial charge on any atom is 0.416 e. The fourth-order valence-electron chi connectivity index (χ4n) is 3.70. The normalized spacial score (nSPS) is 17.4. The topological polar surface area (TPSA) is 52.7 Å². The molecule has 0 aromatic heterocycles. The Morgan fingerprint density at radius 3 is 2.15 bits per heavy atom. The molecule has 2 amide bonds. The Morgan fingerprint density at radius 1 is 0.939 bits per heavy atom. The van der Waals surface area contributed by atoms with Gasteiger partial charge in [0.2, 0.25) is 5.91 Å². The van der Waals surface area contributed by atoms with E-state index in [0.717, 1.165) is 36.1 Å². The highest BCUT2D eigenvalue weighted by Gasteiger charge is 2.30. The minimum Gasteiger partial charge on any atom is -0.349 e. The summed E-state index contributed by atoms with van der Waals surface area (Å²) >= 11 is 0. The van der Waals surface area contributed by atoms with Crippen molar-refractivity contribution in [2.24, 2.45) is 0 Å². The molecular weight excluding hydrogens is 431 g/mol.